The van der Waals surface area contributed by atoms with Crippen LogP contribution in [0.25, 0.3) is 22.3 Å². The number of esters is 1. The lowest BCUT2D eigenvalue weighted by molar-refractivity contribution is -0.141. The molecule has 1 amide bonds. The molecule has 0 saturated carbocycles. The second-order valence-corrected chi connectivity index (χ2v) is 12.1. The van der Waals surface area contributed by atoms with E-state index in [0.29, 0.717) is 40.3 Å². The van der Waals surface area contributed by atoms with Gasteiger partial charge in [-0.25, -0.2) is 9.97 Å². The number of amides is 1. The summed E-state index contributed by atoms with van der Waals surface area (Å²) in [7, 11) is 2.83. The van der Waals surface area contributed by atoms with Gasteiger partial charge in [-0.05, 0) is 38.0 Å². The zero-order valence-electron chi connectivity index (χ0n) is 24.5. The highest BCUT2D eigenvalue weighted by Gasteiger charge is 2.29. The molecule has 11 nitrogen and oxygen atoms in total. The van der Waals surface area contributed by atoms with Crippen molar-refractivity contribution in [1.82, 2.24) is 24.8 Å². The number of nitrogens with zero attached hydrogens (tertiary/aromatic N) is 4. The molecule has 0 aromatic carbocycles. The van der Waals surface area contributed by atoms with Gasteiger partial charge < -0.3 is 28.8 Å². The molecular weight excluding hydrogens is 534 g/mol. The molecule has 0 aliphatic carbocycles. The van der Waals surface area contributed by atoms with Gasteiger partial charge in [0, 0.05) is 30.2 Å². The molecule has 3 heterocycles. The third-order valence-corrected chi connectivity index (χ3v) is 6.39. The van der Waals surface area contributed by atoms with Crippen molar-refractivity contribution in [2.75, 3.05) is 39.6 Å². The van der Waals surface area contributed by atoms with Crippen molar-refractivity contribution >= 4 is 34.7 Å². The van der Waals surface area contributed by atoms with Gasteiger partial charge in [0.25, 0.3) is 5.91 Å². The number of methoxy groups -OCH3 is 2. The Bertz CT molecular complexity index is 1330. The fraction of sp³-hybridized carbons (Fsp3) is 0.536. The summed E-state index contributed by atoms with van der Waals surface area (Å²) in [5, 5.41) is 3.71. The van der Waals surface area contributed by atoms with Gasteiger partial charge in [-0.15, -0.1) is 0 Å². The van der Waals surface area contributed by atoms with Crippen LogP contribution in [0.5, 0.6) is 11.6 Å². The molecule has 218 valence electrons. The summed E-state index contributed by atoms with van der Waals surface area (Å²) >= 11 is 1.65. The molecule has 0 atom stereocenters. The Hall–Kier alpha value is -3.38. The highest BCUT2D eigenvalue weighted by Crippen LogP contribution is 2.36. The molecule has 40 heavy (non-hydrogen) atoms. The lowest BCUT2D eigenvalue weighted by Gasteiger charge is -2.33. The summed E-state index contributed by atoms with van der Waals surface area (Å²) in [5.74, 6) is 0.652. The third kappa shape index (κ3) is 8.07. The topological polar surface area (TPSA) is 127 Å². The maximum atomic E-state index is 13.6. The fourth-order valence-electron chi connectivity index (χ4n) is 4.69. The molecular formula is C28H39N5O6S. The Morgan fingerprint density at radius 1 is 1.07 bits per heavy atom. The third-order valence-electron chi connectivity index (χ3n) is 5.82. The van der Waals surface area contributed by atoms with Crippen LogP contribution in [0.1, 0.15) is 51.4 Å². The van der Waals surface area contributed by atoms with Crippen molar-refractivity contribution in [3.63, 3.8) is 0 Å². The normalized spacial score (nSPS) is 11.9. The highest BCUT2D eigenvalue weighted by atomic mass is 32.2. The number of ether oxygens (including phenoxy) is 4. The first-order valence-corrected chi connectivity index (χ1v) is 14.3. The second kappa shape index (κ2) is 13.3. The van der Waals surface area contributed by atoms with E-state index >= 15 is 0 Å². The Morgan fingerprint density at radius 3 is 2.48 bits per heavy atom. The van der Waals surface area contributed by atoms with E-state index in [9.17, 15) is 9.59 Å². The molecule has 3 aromatic rings. The van der Waals surface area contributed by atoms with Gasteiger partial charge in [-0.2, -0.15) is 11.8 Å². The van der Waals surface area contributed by atoms with Gasteiger partial charge in [0.05, 0.1) is 36.6 Å². The number of hydrogen-bond acceptors (Lipinski definition) is 10. The number of fused-ring (bicyclic) bond motifs is 1. The van der Waals surface area contributed by atoms with E-state index in [-0.39, 0.29) is 30.4 Å². The van der Waals surface area contributed by atoms with Crippen molar-refractivity contribution in [3.05, 3.63) is 30.4 Å². The van der Waals surface area contributed by atoms with Gasteiger partial charge >= 0.3 is 5.97 Å². The van der Waals surface area contributed by atoms with Gasteiger partial charge in [-0.1, -0.05) is 20.8 Å². The number of aromatic nitrogens is 4. The molecule has 0 unspecified atom stereocenters. The molecule has 0 spiro atoms. The molecule has 3 rings (SSSR count). The first-order valence-electron chi connectivity index (χ1n) is 12.9. The van der Waals surface area contributed by atoms with E-state index in [1.807, 2.05) is 20.1 Å². The molecule has 0 saturated heterocycles. The number of rotatable bonds is 13. The van der Waals surface area contributed by atoms with E-state index in [4.69, 9.17) is 18.9 Å². The summed E-state index contributed by atoms with van der Waals surface area (Å²) < 4.78 is 23.3. The van der Waals surface area contributed by atoms with Crippen molar-refractivity contribution in [1.29, 1.82) is 0 Å². The quantitative estimate of drug-likeness (QED) is 0.179. The molecule has 0 bridgehead atoms. The van der Waals surface area contributed by atoms with Crippen LogP contribution < -0.4 is 14.8 Å². The largest absolute Gasteiger partial charge is 0.476 e. The lowest BCUT2D eigenvalue weighted by atomic mass is 9.81. The number of nitrogens with one attached hydrogen (secondary N) is 1. The molecule has 1 N–H and O–H groups in total. The Kier molecular flexibility index (Phi) is 10.4. The van der Waals surface area contributed by atoms with Gasteiger partial charge in [0.15, 0.2) is 12.5 Å². The van der Waals surface area contributed by atoms with E-state index in [0.717, 1.165) is 12.2 Å². The van der Waals surface area contributed by atoms with Crippen molar-refractivity contribution in [2.45, 2.75) is 53.1 Å². The van der Waals surface area contributed by atoms with Gasteiger partial charge in [-0.3, -0.25) is 14.6 Å². The summed E-state index contributed by atoms with van der Waals surface area (Å²) in [4.78, 5) is 39.2. The maximum Gasteiger partial charge on any atom is 0.325 e. The Morgan fingerprint density at radius 2 is 1.82 bits per heavy atom. The Balaban J connectivity index is 2.14. The second-order valence-electron chi connectivity index (χ2n) is 11.2. The Labute approximate surface area is 239 Å². The average Bonchev–Trinajstić information content (AvgIpc) is 3.24. The minimum atomic E-state index is -0.486. The van der Waals surface area contributed by atoms with Gasteiger partial charge in [0.1, 0.15) is 18.5 Å². The van der Waals surface area contributed by atoms with Crippen LogP contribution in [0.15, 0.2) is 24.8 Å². The minimum absolute atomic E-state index is 0.00368. The number of pyridine rings is 1. The molecule has 0 aliphatic heterocycles. The summed E-state index contributed by atoms with van der Waals surface area (Å²) in [6, 6.07) is 1.66. The number of carbonyl (C=O) groups is 2. The molecule has 0 fully saturated rings. The van der Waals surface area contributed by atoms with Crippen LogP contribution in [0.3, 0.4) is 0 Å². The molecule has 0 aliphatic rings. The predicted octanol–water partition coefficient (Wildman–Crippen LogP) is 4.34. The zero-order valence-corrected chi connectivity index (χ0v) is 25.3. The maximum absolute atomic E-state index is 13.6. The summed E-state index contributed by atoms with van der Waals surface area (Å²) in [6.45, 7) is 10.7. The first-order chi connectivity index (χ1) is 18.9. The van der Waals surface area contributed by atoms with Crippen LogP contribution in [-0.4, -0.2) is 76.6 Å². The average molecular weight is 574 g/mol. The summed E-state index contributed by atoms with van der Waals surface area (Å²) in [6.07, 6.45) is 7.36. The monoisotopic (exact) mass is 573 g/mol. The SMILES string of the molecule is COCOc1cnc(-c2cn(CC(=O)OC)c3ncnc(OCCSC)c23)cc1C(=O)NC(C)(C)CC(C)(C)C. The van der Waals surface area contributed by atoms with Crippen molar-refractivity contribution in [2.24, 2.45) is 5.41 Å². The number of hydrogen-bond donors (Lipinski definition) is 1. The standard InChI is InChI=1S/C28H39N5O6S/c1-27(2,3)15-28(4,5)32-25(35)18-11-20(29-12-21(18)39-17-36-6)19-13-33(14-22(34)37-7)24-23(19)26(31-16-30-24)38-9-10-40-8/h11-13,16H,9-10,14-15,17H2,1-8H3,(H,32,35). The van der Waals surface area contributed by atoms with Crippen molar-refractivity contribution < 1.29 is 28.5 Å². The summed E-state index contributed by atoms with van der Waals surface area (Å²) in [5.41, 5.74) is 1.35. The fourth-order valence-corrected chi connectivity index (χ4v) is 4.94. The lowest BCUT2D eigenvalue weighted by Crippen LogP contribution is -2.45. The van der Waals surface area contributed by atoms with E-state index < -0.39 is 11.5 Å². The molecule has 0 radical (unpaired) electrons. The molecule has 12 heteroatoms. The van der Waals surface area contributed by atoms with Crippen LogP contribution in [0.4, 0.5) is 0 Å². The predicted molar refractivity (Wildman–Crippen MR) is 155 cm³/mol. The minimum Gasteiger partial charge on any atom is -0.476 e. The van der Waals surface area contributed by atoms with Crippen LogP contribution >= 0.6 is 11.8 Å². The van der Waals surface area contributed by atoms with Crippen LogP contribution in [0, 0.1) is 5.41 Å². The van der Waals surface area contributed by atoms with Crippen LogP contribution in [-0.2, 0) is 20.8 Å². The van der Waals surface area contributed by atoms with Gasteiger partial charge in [0.2, 0.25) is 5.88 Å². The van der Waals surface area contributed by atoms with E-state index in [2.05, 4.69) is 41.0 Å². The smallest absolute Gasteiger partial charge is 0.325 e. The van der Waals surface area contributed by atoms with E-state index in [1.54, 1.807) is 28.6 Å². The van der Waals surface area contributed by atoms with Crippen LogP contribution in [0.2, 0.25) is 0 Å². The first kappa shape index (κ1) is 31.2. The zero-order chi connectivity index (χ0) is 29.5. The molecule has 3 aromatic heterocycles. The number of thioether (sulfide) groups is 1. The van der Waals surface area contributed by atoms with Crippen molar-refractivity contribution in [3.8, 4) is 22.9 Å². The number of carbonyl (C=O) groups excluding carboxylic acids is 2. The highest BCUT2D eigenvalue weighted by molar-refractivity contribution is 7.98. The van der Waals surface area contributed by atoms with E-state index in [1.165, 1.54) is 26.7 Å².